The molecular formula is C26H32ClF3N2O2. The number of rotatable bonds is 5. The molecule has 4 rings (SSSR count). The van der Waals surface area contributed by atoms with Crippen molar-refractivity contribution in [1.82, 2.24) is 9.88 Å². The summed E-state index contributed by atoms with van der Waals surface area (Å²) in [6.45, 7) is 2.47. The smallest absolute Gasteiger partial charge is 0.391 e. The summed E-state index contributed by atoms with van der Waals surface area (Å²) in [6, 6.07) is 4.66. The van der Waals surface area contributed by atoms with E-state index in [1.165, 1.54) is 12.5 Å². The van der Waals surface area contributed by atoms with E-state index in [0.717, 1.165) is 50.7 Å². The van der Waals surface area contributed by atoms with Gasteiger partial charge in [-0.1, -0.05) is 43.7 Å². The lowest BCUT2D eigenvalue weighted by molar-refractivity contribution is -0.137. The quantitative estimate of drug-likeness (QED) is 0.481. The fourth-order valence-corrected chi connectivity index (χ4v) is 5.60. The van der Waals surface area contributed by atoms with Gasteiger partial charge in [0, 0.05) is 22.8 Å². The Morgan fingerprint density at radius 1 is 1.09 bits per heavy atom. The monoisotopic (exact) mass is 496 g/mol. The molecule has 0 bridgehead atoms. The van der Waals surface area contributed by atoms with Gasteiger partial charge in [-0.15, -0.1) is 0 Å². The molecule has 2 N–H and O–H groups in total. The van der Waals surface area contributed by atoms with Gasteiger partial charge >= 0.3 is 6.18 Å². The number of hydrogen-bond donors (Lipinski definition) is 2. The summed E-state index contributed by atoms with van der Waals surface area (Å²) in [5, 5.41) is 13.5. The molecule has 0 radical (unpaired) electrons. The maximum absolute atomic E-state index is 13.5. The molecule has 2 aliphatic rings. The maximum Gasteiger partial charge on any atom is 0.416 e. The zero-order valence-electron chi connectivity index (χ0n) is 19.4. The average molecular weight is 497 g/mol. The molecule has 1 aromatic heterocycles. The molecule has 2 saturated carbocycles. The first-order chi connectivity index (χ1) is 16.1. The lowest BCUT2D eigenvalue weighted by Gasteiger charge is -2.28. The third-order valence-corrected chi connectivity index (χ3v) is 7.72. The summed E-state index contributed by atoms with van der Waals surface area (Å²) in [7, 11) is 0. The Kier molecular flexibility index (Phi) is 7.63. The molecule has 2 atom stereocenters. The SMILES string of the molecule is Cc1c(C(=O)N[C@H]2CCCC[C@H]2O)cc(-c2cc(C(F)(F)F)ccc2Cl)n1CC1CCCCC1. The van der Waals surface area contributed by atoms with Gasteiger partial charge in [-0.2, -0.15) is 13.2 Å². The summed E-state index contributed by atoms with van der Waals surface area (Å²) < 4.78 is 42.3. The van der Waals surface area contributed by atoms with Crippen LogP contribution in [0.1, 0.15) is 79.4 Å². The molecule has 0 unspecified atom stereocenters. The third kappa shape index (κ3) is 5.46. The molecule has 34 heavy (non-hydrogen) atoms. The minimum atomic E-state index is -4.49. The van der Waals surface area contributed by atoms with Crippen molar-refractivity contribution in [1.29, 1.82) is 0 Å². The van der Waals surface area contributed by atoms with Crippen LogP contribution in [0.4, 0.5) is 13.2 Å². The highest BCUT2D eigenvalue weighted by molar-refractivity contribution is 6.33. The zero-order valence-corrected chi connectivity index (χ0v) is 20.2. The van der Waals surface area contributed by atoms with Crippen molar-refractivity contribution in [2.24, 2.45) is 5.92 Å². The molecule has 8 heteroatoms. The van der Waals surface area contributed by atoms with Crippen LogP contribution in [0, 0.1) is 12.8 Å². The van der Waals surface area contributed by atoms with E-state index in [1.54, 1.807) is 6.07 Å². The number of amides is 1. The van der Waals surface area contributed by atoms with Crippen molar-refractivity contribution in [2.75, 3.05) is 0 Å². The molecule has 2 aliphatic carbocycles. The number of carbonyl (C=O) groups excluding carboxylic acids is 1. The molecule has 2 fully saturated rings. The average Bonchev–Trinajstić information content (AvgIpc) is 3.11. The molecule has 1 heterocycles. The highest BCUT2D eigenvalue weighted by atomic mass is 35.5. The number of nitrogens with one attached hydrogen (secondary N) is 1. The number of nitrogens with zero attached hydrogens (tertiary/aromatic N) is 1. The molecule has 1 aromatic carbocycles. The Bertz CT molecular complexity index is 1030. The number of aliphatic hydroxyl groups excluding tert-OH is 1. The summed E-state index contributed by atoms with van der Waals surface area (Å²) >= 11 is 6.40. The number of aliphatic hydroxyl groups is 1. The number of carbonyl (C=O) groups is 1. The highest BCUT2D eigenvalue weighted by Crippen LogP contribution is 2.38. The first kappa shape index (κ1) is 25.1. The normalized spacial score (nSPS) is 22.1. The second kappa shape index (κ2) is 10.3. The fourth-order valence-electron chi connectivity index (χ4n) is 5.39. The second-order valence-electron chi connectivity index (χ2n) is 9.77. The molecule has 1 amide bonds. The van der Waals surface area contributed by atoms with Crippen LogP contribution in [0.2, 0.25) is 5.02 Å². The summed E-state index contributed by atoms with van der Waals surface area (Å²) in [4.78, 5) is 13.2. The van der Waals surface area contributed by atoms with E-state index >= 15 is 0 Å². The summed E-state index contributed by atoms with van der Waals surface area (Å²) in [5.74, 6) is 0.0921. The lowest BCUT2D eigenvalue weighted by atomic mass is 9.89. The van der Waals surface area contributed by atoms with Crippen LogP contribution in [0.3, 0.4) is 0 Å². The minimum absolute atomic E-state index is 0.213. The summed E-state index contributed by atoms with van der Waals surface area (Å²) in [5.41, 5.74) is 1.14. The van der Waals surface area contributed by atoms with Gasteiger partial charge < -0.3 is 15.0 Å². The Labute approximate surface area is 203 Å². The second-order valence-corrected chi connectivity index (χ2v) is 10.2. The number of aromatic nitrogens is 1. The highest BCUT2D eigenvalue weighted by Gasteiger charge is 2.32. The fraction of sp³-hybridized carbons (Fsp3) is 0.577. The molecule has 0 spiro atoms. The van der Waals surface area contributed by atoms with Gasteiger partial charge in [-0.05, 0) is 62.8 Å². The van der Waals surface area contributed by atoms with E-state index in [9.17, 15) is 23.1 Å². The molecule has 0 saturated heterocycles. The predicted molar refractivity (Wildman–Crippen MR) is 127 cm³/mol. The predicted octanol–water partition coefficient (Wildman–Crippen LogP) is 6.75. The van der Waals surface area contributed by atoms with Gasteiger partial charge in [-0.3, -0.25) is 4.79 Å². The molecule has 0 aliphatic heterocycles. The van der Waals surface area contributed by atoms with Gasteiger partial charge in [0.05, 0.1) is 29.0 Å². The molecule has 186 valence electrons. The third-order valence-electron chi connectivity index (χ3n) is 7.39. The largest absolute Gasteiger partial charge is 0.416 e. The molecular weight excluding hydrogens is 465 g/mol. The van der Waals surface area contributed by atoms with Crippen LogP contribution in [-0.2, 0) is 12.7 Å². The first-order valence-corrected chi connectivity index (χ1v) is 12.6. The number of halogens is 4. The first-order valence-electron chi connectivity index (χ1n) is 12.2. The van der Waals surface area contributed by atoms with E-state index < -0.39 is 17.8 Å². The van der Waals surface area contributed by atoms with E-state index in [4.69, 9.17) is 11.6 Å². The maximum atomic E-state index is 13.5. The van der Waals surface area contributed by atoms with E-state index in [0.29, 0.717) is 42.3 Å². The van der Waals surface area contributed by atoms with Crippen LogP contribution < -0.4 is 5.32 Å². The van der Waals surface area contributed by atoms with Crippen LogP contribution >= 0.6 is 11.6 Å². The Balaban J connectivity index is 1.73. The topological polar surface area (TPSA) is 54.3 Å². The molecule has 2 aromatic rings. The minimum Gasteiger partial charge on any atom is -0.391 e. The number of hydrogen-bond acceptors (Lipinski definition) is 2. The van der Waals surface area contributed by atoms with E-state index in [2.05, 4.69) is 5.32 Å². The van der Waals surface area contributed by atoms with Crippen LogP contribution in [0.25, 0.3) is 11.3 Å². The van der Waals surface area contributed by atoms with Crippen molar-refractivity contribution >= 4 is 17.5 Å². The zero-order chi connectivity index (χ0) is 24.5. The Morgan fingerprint density at radius 3 is 2.44 bits per heavy atom. The number of benzene rings is 1. The lowest BCUT2D eigenvalue weighted by Crippen LogP contribution is -2.45. The van der Waals surface area contributed by atoms with Crippen LogP contribution in [-0.4, -0.2) is 27.7 Å². The molecule has 4 nitrogen and oxygen atoms in total. The van der Waals surface area contributed by atoms with Crippen molar-refractivity contribution in [3.63, 3.8) is 0 Å². The van der Waals surface area contributed by atoms with Gasteiger partial charge in [0.15, 0.2) is 0 Å². The Hall–Kier alpha value is -1.99. The van der Waals surface area contributed by atoms with E-state index in [1.807, 2.05) is 11.5 Å². The summed E-state index contributed by atoms with van der Waals surface area (Å²) in [6.07, 6.45) is 3.74. The van der Waals surface area contributed by atoms with Crippen LogP contribution in [0.15, 0.2) is 24.3 Å². The van der Waals surface area contributed by atoms with Crippen molar-refractivity contribution < 1.29 is 23.1 Å². The number of alkyl halides is 3. The van der Waals surface area contributed by atoms with Crippen molar-refractivity contribution in [3.8, 4) is 11.3 Å². The van der Waals surface area contributed by atoms with Crippen LogP contribution in [0.5, 0.6) is 0 Å². The van der Waals surface area contributed by atoms with Gasteiger partial charge in [-0.25, -0.2) is 0 Å². The van der Waals surface area contributed by atoms with E-state index in [-0.39, 0.29) is 22.5 Å². The van der Waals surface area contributed by atoms with Crippen molar-refractivity contribution in [3.05, 3.63) is 46.1 Å². The standard InChI is InChI=1S/C26H32ClF3N2O2/c1-16-19(25(34)31-22-9-5-6-10-24(22)33)14-23(32(16)15-17-7-3-2-4-8-17)20-13-18(26(28,29)30)11-12-21(20)27/h11-14,17,22,24,33H,2-10,15H2,1H3,(H,31,34)/t22-,24+/m0/s1. The van der Waals surface area contributed by atoms with Gasteiger partial charge in [0.25, 0.3) is 5.91 Å². The van der Waals surface area contributed by atoms with Gasteiger partial charge in [0.1, 0.15) is 0 Å². The Morgan fingerprint density at radius 2 is 1.76 bits per heavy atom. The van der Waals surface area contributed by atoms with Crippen molar-refractivity contribution in [2.45, 2.75) is 89.6 Å². The van der Waals surface area contributed by atoms with Gasteiger partial charge in [0.2, 0.25) is 0 Å².